The predicted molar refractivity (Wildman–Crippen MR) is 108 cm³/mol. The lowest BCUT2D eigenvalue weighted by Crippen LogP contribution is -2.53. The quantitative estimate of drug-likeness (QED) is 0.572. The lowest BCUT2D eigenvalue weighted by atomic mass is 10.1. The topological polar surface area (TPSA) is 112 Å². The van der Waals surface area contributed by atoms with Crippen LogP contribution in [0.1, 0.15) is 12.5 Å². The smallest absolute Gasteiger partial charge is 0.299 e. The highest BCUT2D eigenvalue weighted by atomic mass is 16.5. The van der Waals surface area contributed by atoms with Gasteiger partial charge in [-0.15, -0.1) is 0 Å². The molecule has 2 aliphatic rings. The minimum Gasteiger partial charge on any atom is -0.389 e. The van der Waals surface area contributed by atoms with Crippen LogP contribution in [0.3, 0.4) is 0 Å². The van der Waals surface area contributed by atoms with E-state index in [9.17, 15) is 9.90 Å². The molecule has 5 heterocycles. The van der Waals surface area contributed by atoms with E-state index in [1.807, 2.05) is 12.1 Å². The fourth-order valence-electron chi connectivity index (χ4n) is 3.66. The number of rotatable bonds is 2. The number of aliphatic hydroxyl groups is 1. The van der Waals surface area contributed by atoms with Gasteiger partial charge in [-0.2, -0.15) is 14.9 Å². The van der Waals surface area contributed by atoms with Gasteiger partial charge in [-0.3, -0.25) is 9.89 Å². The number of aliphatic hydroxyl groups excluding tert-OH is 1. The number of nitrogens with zero attached hydrogens (tertiary/aromatic N) is 6. The van der Waals surface area contributed by atoms with Gasteiger partial charge in [0.2, 0.25) is 0 Å². The molecule has 10 nitrogen and oxygen atoms in total. The Hall–Kier alpha value is -3.42. The molecular formula is C20H21N7O3. The van der Waals surface area contributed by atoms with Gasteiger partial charge in [0.1, 0.15) is 5.82 Å². The summed E-state index contributed by atoms with van der Waals surface area (Å²) in [5, 5.41) is 21.6. The summed E-state index contributed by atoms with van der Waals surface area (Å²) in [5.41, 5.74) is 1.29. The van der Waals surface area contributed by atoms with Gasteiger partial charge in [0, 0.05) is 43.4 Å². The molecule has 10 heteroatoms. The number of β-amino-alcohol motifs (C(OH)–C–C–N with tert-alkyl or cyclic N) is 1. The van der Waals surface area contributed by atoms with Gasteiger partial charge in [-0.05, 0) is 13.0 Å². The molecule has 1 amide bonds. The van der Waals surface area contributed by atoms with Crippen LogP contribution in [-0.4, -0.2) is 85.9 Å². The van der Waals surface area contributed by atoms with Crippen LogP contribution in [0.15, 0.2) is 24.5 Å². The summed E-state index contributed by atoms with van der Waals surface area (Å²) >= 11 is 0. The molecule has 0 saturated carbocycles. The molecule has 3 aromatic heterocycles. The Morgan fingerprint density at radius 3 is 2.97 bits per heavy atom. The number of fused-ring (bicyclic) bond motifs is 1. The summed E-state index contributed by atoms with van der Waals surface area (Å²) in [7, 11) is 0. The zero-order valence-corrected chi connectivity index (χ0v) is 16.4. The number of aromatic nitrogens is 5. The summed E-state index contributed by atoms with van der Waals surface area (Å²) in [5.74, 6) is 6.77. The number of aromatic amines is 1. The van der Waals surface area contributed by atoms with Crippen LogP contribution in [0.5, 0.6) is 0 Å². The van der Waals surface area contributed by atoms with E-state index >= 15 is 0 Å². The largest absolute Gasteiger partial charge is 0.389 e. The summed E-state index contributed by atoms with van der Waals surface area (Å²) in [6.45, 7) is 4.70. The highest BCUT2D eigenvalue weighted by Gasteiger charge is 2.28. The number of anilines is 1. The van der Waals surface area contributed by atoms with Gasteiger partial charge in [0.15, 0.2) is 11.5 Å². The van der Waals surface area contributed by atoms with Crippen LogP contribution in [0, 0.1) is 11.8 Å². The third-order valence-corrected chi connectivity index (χ3v) is 5.35. The summed E-state index contributed by atoms with van der Waals surface area (Å²) in [6.07, 6.45) is 2.95. The monoisotopic (exact) mass is 407 g/mol. The van der Waals surface area contributed by atoms with Crippen molar-refractivity contribution < 1.29 is 14.6 Å². The highest BCUT2D eigenvalue weighted by Crippen LogP contribution is 2.26. The third kappa shape index (κ3) is 3.28. The maximum absolute atomic E-state index is 12.3. The van der Waals surface area contributed by atoms with Gasteiger partial charge in [-0.1, -0.05) is 5.92 Å². The molecule has 30 heavy (non-hydrogen) atoms. The van der Waals surface area contributed by atoms with Gasteiger partial charge in [0.05, 0.1) is 36.9 Å². The number of morpholine rings is 1. The fourth-order valence-corrected chi connectivity index (χ4v) is 3.66. The molecule has 0 spiro atoms. The molecule has 0 radical (unpaired) electrons. The van der Waals surface area contributed by atoms with Crippen molar-refractivity contribution in [1.29, 1.82) is 0 Å². The molecule has 2 saturated heterocycles. The second-order valence-corrected chi connectivity index (χ2v) is 7.49. The van der Waals surface area contributed by atoms with E-state index in [0.29, 0.717) is 49.9 Å². The number of hydrogen-bond acceptors (Lipinski definition) is 7. The van der Waals surface area contributed by atoms with Crippen LogP contribution < -0.4 is 4.90 Å². The lowest BCUT2D eigenvalue weighted by molar-refractivity contribution is -0.134. The molecule has 2 aliphatic heterocycles. The first kappa shape index (κ1) is 18.6. The minimum atomic E-state index is -0.454. The molecule has 0 aliphatic carbocycles. The first-order valence-electron chi connectivity index (χ1n) is 9.82. The molecule has 2 fully saturated rings. The van der Waals surface area contributed by atoms with Crippen molar-refractivity contribution in [3.05, 3.63) is 30.1 Å². The number of likely N-dealkylation sites (tertiary alicyclic amines) is 1. The van der Waals surface area contributed by atoms with Crippen LogP contribution in [-0.2, 0) is 9.53 Å². The van der Waals surface area contributed by atoms with E-state index in [-0.39, 0.29) is 11.9 Å². The van der Waals surface area contributed by atoms with Crippen molar-refractivity contribution in [2.24, 2.45) is 0 Å². The van der Waals surface area contributed by atoms with E-state index in [0.717, 1.165) is 11.2 Å². The molecule has 0 aromatic carbocycles. The van der Waals surface area contributed by atoms with Gasteiger partial charge < -0.3 is 19.6 Å². The molecule has 5 rings (SSSR count). The second kappa shape index (κ2) is 7.44. The predicted octanol–water partition coefficient (Wildman–Crippen LogP) is -0.0767. The van der Waals surface area contributed by atoms with E-state index < -0.39 is 6.10 Å². The molecule has 0 bridgehead atoms. The van der Waals surface area contributed by atoms with Crippen molar-refractivity contribution >= 4 is 22.8 Å². The average Bonchev–Trinajstić information content (AvgIpc) is 3.39. The number of nitrogens with one attached hydrogen (secondary N) is 1. The highest BCUT2D eigenvalue weighted by molar-refractivity contribution is 5.96. The number of amides is 1. The number of pyridine rings is 1. The Kier molecular flexibility index (Phi) is 4.61. The zero-order chi connectivity index (χ0) is 20.7. The molecule has 2 N–H and O–H groups in total. The average molecular weight is 407 g/mol. The number of carbonyl (C=O) groups is 1. The number of carbonyl (C=O) groups excluding carboxylic acids is 1. The van der Waals surface area contributed by atoms with E-state index in [1.165, 1.54) is 4.90 Å². The molecule has 3 aromatic rings. The molecule has 154 valence electrons. The maximum atomic E-state index is 12.3. The normalized spacial score (nSPS) is 19.5. The van der Waals surface area contributed by atoms with Crippen molar-refractivity contribution in [2.45, 2.75) is 19.1 Å². The van der Waals surface area contributed by atoms with Crippen LogP contribution in [0.2, 0.25) is 0 Å². The first-order valence-corrected chi connectivity index (χ1v) is 9.82. The SMILES string of the molecule is C[C@@H]1COCCN1c1cc(C#CC(=O)N2CC(O)C2)c2cnn(-c3cc[nH]n3)c2n1. The number of hydrogen-bond donors (Lipinski definition) is 2. The van der Waals surface area contributed by atoms with Crippen LogP contribution in [0.25, 0.3) is 16.9 Å². The van der Waals surface area contributed by atoms with E-state index in [1.54, 1.807) is 17.1 Å². The zero-order valence-electron chi connectivity index (χ0n) is 16.4. The third-order valence-electron chi connectivity index (χ3n) is 5.35. The van der Waals surface area contributed by atoms with Gasteiger partial charge in [0.25, 0.3) is 5.91 Å². The number of ether oxygens (including phenoxy) is 1. The second-order valence-electron chi connectivity index (χ2n) is 7.49. The standard InChI is InChI=1S/C20H21N7O3/c1-13-12-30-7-6-26(13)18-8-14(2-3-19(29)25-10-15(28)11-25)16-9-22-27(20(16)23-18)17-4-5-21-24-17/h4-5,8-9,13,15,28H,6-7,10-12H2,1H3,(H,21,24)/t13-/m1/s1. The summed E-state index contributed by atoms with van der Waals surface area (Å²) < 4.78 is 7.20. The van der Waals surface area contributed by atoms with E-state index in [2.05, 4.69) is 39.0 Å². The Morgan fingerprint density at radius 2 is 2.23 bits per heavy atom. The Morgan fingerprint density at radius 1 is 1.37 bits per heavy atom. The van der Waals surface area contributed by atoms with E-state index in [4.69, 9.17) is 9.72 Å². The van der Waals surface area contributed by atoms with Crippen molar-refractivity contribution in [1.82, 2.24) is 29.9 Å². The van der Waals surface area contributed by atoms with Gasteiger partial charge >= 0.3 is 0 Å². The number of H-pyrrole nitrogens is 1. The van der Waals surface area contributed by atoms with Gasteiger partial charge in [-0.25, -0.2) is 4.98 Å². The Labute approximate surface area is 172 Å². The fraction of sp³-hybridized carbons (Fsp3) is 0.400. The van der Waals surface area contributed by atoms with Crippen LogP contribution >= 0.6 is 0 Å². The minimum absolute atomic E-state index is 0.162. The molecular weight excluding hydrogens is 386 g/mol. The summed E-state index contributed by atoms with van der Waals surface area (Å²) in [6, 6.07) is 3.87. The summed E-state index contributed by atoms with van der Waals surface area (Å²) in [4.78, 5) is 20.8. The van der Waals surface area contributed by atoms with Crippen molar-refractivity contribution in [2.75, 3.05) is 37.7 Å². The van der Waals surface area contributed by atoms with Crippen molar-refractivity contribution in [3.63, 3.8) is 0 Å². The lowest BCUT2D eigenvalue weighted by Gasteiger charge is -2.34. The maximum Gasteiger partial charge on any atom is 0.299 e. The van der Waals surface area contributed by atoms with Crippen molar-refractivity contribution in [3.8, 4) is 17.7 Å². The van der Waals surface area contributed by atoms with Crippen LogP contribution in [0.4, 0.5) is 5.82 Å². The Bertz CT molecular complexity index is 1140. The molecule has 1 atom stereocenters. The first-order chi connectivity index (χ1) is 14.6. The Balaban J connectivity index is 1.59. The molecule has 0 unspecified atom stereocenters.